The van der Waals surface area contributed by atoms with Crippen molar-refractivity contribution in [3.8, 4) is 0 Å². The summed E-state index contributed by atoms with van der Waals surface area (Å²) in [5, 5.41) is 3.14. The summed E-state index contributed by atoms with van der Waals surface area (Å²) in [7, 11) is 0. The summed E-state index contributed by atoms with van der Waals surface area (Å²) in [4.78, 5) is 12.3. The standard InChI is InChI=1S/C15H22N2O/c1-11-6-7-13(10-11)17-15(18)14-5-3-2-4-12(14)8-9-16/h2-5,11,13H,6-10,16H2,1H3,(H,17,18). The first-order valence-electron chi connectivity index (χ1n) is 6.79. The van der Waals surface area contributed by atoms with Crippen LogP contribution in [0.4, 0.5) is 0 Å². The highest BCUT2D eigenvalue weighted by Crippen LogP contribution is 2.25. The van der Waals surface area contributed by atoms with Crippen LogP contribution < -0.4 is 11.1 Å². The molecule has 1 aliphatic rings. The van der Waals surface area contributed by atoms with Gasteiger partial charge in [0, 0.05) is 11.6 Å². The predicted molar refractivity (Wildman–Crippen MR) is 73.5 cm³/mol. The van der Waals surface area contributed by atoms with Crippen molar-refractivity contribution < 1.29 is 4.79 Å². The van der Waals surface area contributed by atoms with Crippen LogP contribution in [0.25, 0.3) is 0 Å². The molecule has 98 valence electrons. The van der Waals surface area contributed by atoms with E-state index < -0.39 is 0 Å². The molecule has 3 N–H and O–H groups in total. The number of hydrogen-bond donors (Lipinski definition) is 2. The largest absolute Gasteiger partial charge is 0.349 e. The molecule has 0 aromatic heterocycles. The number of carbonyl (C=O) groups is 1. The molecule has 0 bridgehead atoms. The average Bonchev–Trinajstić information content (AvgIpc) is 2.76. The monoisotopic (exact) mass is 246 g/mol. The van der Waals surface area contributed by atoms with Crippen LogP contribution in [-0.2, 0) is 6.42 Å². The minimum Gasteiger partial charge on any atom is -0.349 e. The zero-order valence-electron chi connectivity index (χ0n) is 11.0. The van der Waals surface area contributed by atoms with Gasteiger partial charge in [0.2, 0.25) is 0 Å². The van der Waals surface area contributed by atoms with Gasteiger partial charge in [-0.2, -0.15) is 0 Å². The van der Waals surface area contributed by atoms with Gasteiger partial charge in [0.25, 0.3) is 5.91 Å². The Morgan fingerprint density at radius 1 is 1.39 bits per heavy atom. The average molecular weight is 246 g/mol. The minimum atomic E-state index is 0.0538. The van der Waals surface area contributed by atoms with E-state index in [2.05, 4.69) is 12.2 Å². The molecule has 0 radical (unpaired) electrons. The van der Waals surface area contributed by atoms with Crippen molar-refractivity contribution in [2.45, 2.75) is 38.6 Å². The van der Waals surface area contributed by atoms with Gasteiger partial charge in [0.05, 0.1) is 0 Å². The topological polar surface area (TPSA) is 55.1 Å². The first-order valence-corrected chi connectivity index (χ1v) is 6.79. The van der Waals surface area contributed by atoms with Gasteiger partial charge in [-0.1, -0.05) is 25.1 Å². The second kappa shape index (κ2) is 6.01. The van der Waals surface area contributed by atoms with Crippen LogP contribution in [0.3, 0.4) is 0 Å². The van der Waals surface area contributed by atoms with E-state index in [1.54, 1.807) is 0 Å². The summed E-state index contributed by atoms with van der Waals surface area (Å²) in [6.07, 6.45) is 4.18. The molecule has 2 rings (SSSR count). The van der Waals surface area contributed by atoms with Crippen LogP contribution in [-0.4, -0.2) is 18.5 Å². The van der Waals surface area contributed by atoms with Crippen molar-refractivity contribution in [1.82, 2.24) is 5.32 Å². The van der Waals surface area contributed by atoms with Crippen LogP contribution in [0.2, 0.25) is 0 Å². The molecule has 18 heavy (non-hydrogen) atoms. The lowest BCUT2D eigenvalue weighted by Crippen LogP contribution is -2.33. The fraction of sp³-hybridized carbons (Fsp3) is 0.533. The first kappa shape index (κ1) is 13.1. The van der Waals surface area contributed by atoms with E-state index >= 15 is 0 Å². The summed E-state index contributed by atoms with van der Waals surface area (Å²) in [6.45, 7) is 2.82. The van der Waals surface area contributed by atoms with Crippen LogP contribution in [0, 0.1) is 5.92 Å². The Bertz CT molecular complexity index is 417. The summed E-state index contributed by atoms with van der Waals surface area (Å²) < 4.78 is 0. The van der Waals surface area contributed by atoms with Gasteiger partial charge in [-0.3, -0.25) is 4.79 Å². The normalized spacial score (nSPS) is 23.0. The van der Waals surface area contributed by atoms with Crippen molar-refractivity contribution >= 4 is 5.91 Å². The van der Waals surface area contributed by atoms with E-state index in [1.165, 1.54) is 6.42 Å². The quantitative estimate of drug-likeness (QED) is 0.855. The molecule has 3 nitrogen and oxygen atoms in total. The molecule has 0 heterocycles. The first-order chi connectivity index (χ1) is 8.70. The minimum absolute atomic E-state index is 0.0538. The molecule has 0 saturated heterocycles. The highest BCUT2D eigenvalue weighted by molar-refractivity contribution is 5.95. The zero-order valence-corrected chi connectivity index (χ0v) is 11.0. The molecule has 1 fully saturated rings. The van der Waals surface area contributed by atoms with Crippen LogP contribution in [0.15, 0.2) is 24.3 Å². The van der Waals surface area contributed by atoms with Gasteiger partial charge in [-0.25, -0.2) is 0 Å². The molecule has 1 aromatic carbocycles. The maximum atomic E-state index is 12.3. The van der Waals surface area contributed by atoms with Crippen molar-refractivity contribution in [2.75, 3.05) is 6.54 Å². The van der Waals surface area contributed by atoms with Gasteiger partial charge >= 0.3 is 0 Å². The highest BCUT2D eigenvalue weighted by atomic mass is 16.1. The van der Waals surface area contributed by atoms with E-state index in [0.29, 0.717) is 12.6 Å². The van der Waals surface area contributed by atoms with Crippen LogP contribution in [0.1, 0.15) is 42.1 Å². The van der Waals surface area contributed by atoms with Crippen molar-refractivity contribution in [1.29, 1.82) is 0 Å². The smallest absolute Gasteiger partial charge is 0.251 e. The molecular weight excluding hydrogens is 224 g/mol. The maximum Gasteiger partial charge on any atom is 0.251 e. The van der Waals surface area contributed by atoms with E-state index in [1.807, 2.05) is 24.3 Å². The SMILES string of the molecule is CC1CCC(NC(=O)c2ccccc2CCN)C1. The van der Waals surface area contributed by atoms with Crippen molar-refractivity contribution in [2.24, 2.45) is 11.7 Å². The molecule has 0 aliphatic heterocycles. The Balaban J connectivity index is 2.04. The van der Waals surface area contributed by atoms with Gasteiger partial charge in [0.1, 0.15) is 0 Å². The summed E-state index contributed by atoms with van der Waals surface area (Å²) in [5.41, 5.74) is 7.40. The van der Waals surface area contributed by atoms with E-state index in [9.17, 15) is 4.79 Å². The molecule has 1 aromatic rings. The third-order valence-electron chi connectivity index (χ3n) is 3.71. The maximum absolute atomic E-state index is 12.3. The molecule has 2 unspecified atom stereocenters. The summed E-state index contributed by atoms with van der Waals surface area (Å²) in [6, 6.07) is 8.09. The summed E-state index contributed by atoms with van der Waals surface area (Å²) >= 11 is 0. The van der Waals surface area contributed by atoms with Gasteiger partial charge in [-0.05, 0) is 49.8 Å². The number of carbonyl (C=O) groups excluding carboxylic acids is 1. The number of amides is 1. The van der Waals surface area contributed by atoms with Gasteiger partial charge in [0.15, 0.2) is 0 Å². The van der Waals surface area contributed by atoms with E-state index in [0.717, 1.165) is 36.3 Å². The third kappa shape index (κ3) is 3.10. The van der Waals surface area contributed by atoms with Gasteiger partial charge < -0.3 is 11.1 Å². The zero-order chi connectivity index (χ0) is 13.0. The molecule has 1 aliphatic carbocycles. The molecule has 1 saturated carbocycles. The molecular formula is C15H22N2O. The van der Waals surface area contributed by atoms with E-state index in [-0.39, 0.29) is 5.91 Å². The second-order valence-electron chi connectivity index (χ2n) is 5.28. The molecule has 1 amide bonds. The lowest BCUT2D eigenvalue weighted by Gasteiger charge is -2.14. The third-order valence-corrected chi connectivity index (χ3v) is 3.71. The lowest BCUT2D eigenvalue weighted by molar-refractivity contribution is 0.0936. The number of nitrogens with two attached hydrogens (primary N) is 1. The van der Waals surface area contributed by atoms with Crippen molar-refractivity contribution in [3.63, 3.8) is 0 Å². The van der Waals surface area contributed by atoms with Crippen molar-refractivity contribution in [3.05, 3.63) is 35.4 Å². The van der Waals surface area contributed by atoms with Gasteiger partial charge in [-0.15, -0.1) is 0 Å². The van der Waals surface area contributed by atoms with Crippen LogP contribution in [0.5, 0.6) is 0 Å². The molecule has 0 spiro atoms. The Kier molecular flexibility index (Phi) is 4.37. The second-order valence-corrected chi connectivity index (χ2v) is 5.28. The number of benzene rings is 1. The Labute approximate surface area is 109 Å². The lowest BCUT2D eigenvalue weighted by atomic mass is 10.0. The molecule has 2 atom stereocenters. The Morgan fingerprint density at radius 2 is 2.17 bits per heavy atom. The summed E-state index contributed by atoms with van der Waals surface area (Å²) in [5.74, 6) is 0.785. The highest BCUT2D eigenvalue weighted by Gasteiger charge is 2.23. The number of nitrogens with one attached hydrogen (secondary N) is 1. The number of hydrogen-bond acceptors (Lipinski definition) is 2. The number of rotatable bonds is 4. The Morgan fingerprint density at radius 3 is 2.83 bits per heavy atom. The Hall–Kier alpha value is -1.35. The molecule has 3 heteroatoms. The van der Waals surface area contributed by atoms with Crippen LogP contribution >= 0.6 is 0 Å². The predicted octanol–water partition coefficient (Wildman–Crippen LogP) is 2.11. The van der Waals surface area contributed by atoms with E-state index in [4.69, 9.17) is 5.73 Å². The fourth-order valence-corrected chi connectivity index (χ4v) is 2.72. The fourth-order valence-electron chi connectivity index (χ4n) is 2.72.